The van der Waals surface area contributed by atoms with Crippen LogP contribution in [0.5, 0.6) is 0 Å². The van der Waals surface area contributed by atoms with E-state index in [1.807, 2.05) is 30.3 Å². The number of hydrogen-bond acceptors (Lipinski definition) is 4. The SMILES string of the molecule is O=C(O)[C@@H]1CCCN1C(=O)C1[C@H]2CCCC[C@H]2CCN1C(=O)OCc1ccccc1. The van der Waals surface area contributed by atoms with Crippen LogP contribution in [0.25, 0.3) is 0 Å². The van der Waals surface area contributed by atoms with E-state index < -0.39 is 24.1 Å². The van der Waals surface area contributed by atoms with E-state index in [1.54, 1.807) is 4.90 Å². The Morgan fingerprint density at radius 3 is 2.47 bits per heavy atom. The van der Waals surface area contributed by atoms with Gasteiger partial charge in [-0.3, -0.25) is 9.69 Å². The molecule has 1 aromatic rings. The van der Waals surface area contributed by atoms with Crippen LogP contribution in [-0.4, -0.2) is 58.0 Å². The first-order valence-corrected chi connectivity index (χ1v) is 11.1. The van der Waals surface area contributed by atoms with Gasteiger partial charge in [0.2, 0.25) is 5.91 Å². The highest BCUT2D eigenvalue weighted by Gasteiger charge is 2.49. The van der Waals surface area contributed by atoms with Gasteiger partial charge >= 0.3 is 12.1 Å². The third kappa shape index (κ3) is 4.16. The molecule has 30 heavy (non-hydrogen) atoms. The lowest BCUT2D eigenvalue weighted by Gasteiger charge is -2.47. The number of carboxylic acid groups (broad SMARTS) is 1. The largest absolute Gasteiger partial charge is 0.480 e. The van der Waals surface area contributed by atoms with Gasteiger partial charge in [-0.15, -0.1) is 0 Å². The van der Waals surface area contributed by atoms with Crippen LogP contribution in [0, 0.1) is 11.8 Å². The monoisotopic (exact) mass is 414 g/mol. The van der Waals surface area contributed by atoms with Gasteiger partial charge in [0.05, 0.1) is 0 Å². The lowest BCUT2D eigenvalue weighted by atomic mass is 9.70. The highest BCUT2D eigenvalue weighted by atomic mass is 16.6. The molecule has 2 saturated heterocycles. The first-order chi connectivity index (χ1) is 14.6. The molecule has 162 valence electrons. The molecular weight excluding hydrogens is 384 g/mol. The van der Waals surface area contributed by atoms with Gasteiger partial charge in [0.1, 0.15) is 18.7 Å². The molecule has 4 atom stereocenters. The maximum Gasteiger partial charge on any atom is 0.410 e. The highest BCUT2D eigenvalue weighted by Crippen LogP contribution is 2.41. The molecule has 1 aliphatic carbocycles. The van der Waals surface area contributed by atoms with Crippen molar-refractivity contribution in [2.24, 2.45) is 11.8 Å². The zero-order valence-corrected chi connectivity index (χ0v) is 17.2. The zero-order valence-electron chi connectivity index (χ0n) is 17.2. The number of carbonyl (C=O) groups excluding carboxylic acids is 2. The van der Waals surface area contributed by atoms with Crippen LogP contribution in [0.1, 0.15) is 50.5 Å². The molecule has 0 bridgehead atoms. The minimum absolute atomic E-state index is 0.0827. The van der Waals surface area contributed by atoms with Gasteiger partial charge in [0.15, 0.2) is 0 Å². The smallest absolute Gasteiger partial charge is 0.410 e. The minimum Gasteiger partial charge on any atom is -0.480 e. The van der Waals surface area contributed by atoms with Gasteiger partial charge in [-0.05, 0) is 43.1 Å². The Labute approximate surface area is 177 Å². The molecule has 0 aromatic heterocycles. The Bertz CT molecular complexity index is 783. The number of piperidine rings is 1. The van der Waals surface area contributed by atoms with E-state index in [2.05, 4.69) is 0 Å². The van der Waals surface area contributed by atoms with Crippen molar-refractivity contribution in [1.29, 1.82) is 0 Å². The Hall–Kier alpha value is -2.57. The lowest BCUT2D eigenvalue weighted by Crippen LogP contribution is -2.60. The molecule has 2 amide bonds. The van der Waals surface area contributed by atoms with Crippen LogP contribution in [0.15, 0.2) is 30.3 Å². The molecule has 2 aliphatic heterocycles. The minimum atomic E-state index is -0.963. The van der Waals surface area contributed by atoms with Crippen molar-refractivity contribution in [3.05, 3.63) is 35.9 Å². The fraction of sp³-hybridized carbons (Fsp3) is 0.609. The molecule has 3 fully saturated rings. The number of benzene rings is 1. The fourth-order valence-electron chi connectivity index (χ4n) is 5.47. The quantitative estimate of drug-likeness (QED) is 0.817. The normalized spacial score (nSPS) is 28.7. The Morgan fingerprint density at radius 1 is 0.933 bits per heavy atom. The predicted molar refractivity (Wildman–Crippen MR) is 110 cm³/mol. The average molecular weight is 415 g/mol. The Morgan fingerprint density at radius 2 is 1.70 bits per heavy atom. The van der Waals surface area contributed by atoms with E-state index in [9.17, 15) is 19.5 Å². The number of carbonyl (C=O) groups is 3. The summed E-state index contributed by atoms with van der Waals surface area (Å²) in [6, 6.07) is 8.07. The Balaban J connectivity index is 1.54. The number of hydrogen-bond donors (Lipinski definition) is 1. The van der Waals surface area contributed by atoms with E-state index in [-0.39, 0.29) is 18.4 Å². The van der Waals surface area contributed by atoms with Gasteiger partial charge < -0.3 is 14.7 Å². The number of nitrogens with zero attached hydrogens (tertiary/aromatic N) is 2. The topological polar surface area (TPSA) is 87.2 Å². The molecule has 1 unspecified atom stereocenters. The van der Waals surface area contributed by atoms with Crippen molar-refractivity contribution in [3.63, 3.8) is 0 Å². The average Bonchev–Trinajstić information content (AvgIpc) is 3.27. The number of amides is 2. The van der Waals surface area contributed by atoms with Gasteiger partial charge in [-0.2, -0.15) is 0 Å². The first-order valence-electron chi connectivity index (χ1n) is 11.1. The van der Waals surface area contributed by atoms with E-state index in [0.29, 0.717) is 31.8 Å². The molecule has 1 aromatic carbocycles. The number of rotatable bonds is 4. The molecule has 0 spiro atoms. The van der Waals surface area contributed by atoms with Crippen molar-refractivity contribution in [3.8, 4) is 0 Å². The first kappa shape index (κ1) is 20.7. The van der Waals surface area contributed by atoms with Crippen LogP contribution in [0.3, 0.4) is 0 Å². The standard InChI is InChI=1S/C23H30N2O5/c26-21(24-13-6-11-19(24)22(27)28)20-18-10-5-4-9-17(18)12-14-25(20)23(29)30-15-16-7-2-1-3-8-16/h1-3,7-8,17-20H,4-6,9-15H2,(H,27,28)/t17-,18-,19-,20?/m0/s1. The van der Waals surface area contributed by atoms with Gasteiger partial charge in [0, 0.05) is 13.1 Å². The molecule has 2 heterocycles. The van der Waals surface area contributed by atoms with Crippen molar-refractivity contribution < 1.29 is 24.2 Å². The molecule has 7 nitrogen and oxygen atoms in total. The fourth-order valence-corrected chi connectivity index (χ4v) is 5.47. The molecule has 3 aliphatic rings. The number of fused-ring (bicyclic) bond motifs is 1. The highest BCUT2D eigenvalue weighted by molar-refractivity contribution is 5.90. The summed E-state index contributed by atoms with van der Waals surface area (Å²) in [5.74, 6) is -0.681. The molecule has 4 rings (SSSR count). The summed E-state index contributed by atoms with van der Waals surface area (Å²) in [5, 5.41) is 9.55. The maximum absolute atomic E-state index is 13.6. The number of likely N-dealkylation sites (tertiary alicyclic amines) is 2. The summed E-state index contributed by atoms with van der Waals surface area (Å²) in [6.07, 6.45) is 5.72. The summed E-state index contributed by atoms with van der Waals surface area (Å²) in [7, 11) is 0. The third-order valence-electron chi connectivity index (χ3n) is 6.96. The summed E-state index contributed by atoms with van der Waals surface area (Å²) in [5.41, 5.74) is 0.895. The number of carboxylic acids is 1. The van der Waals surface area contributed by atoms with Crippen LogP contribution >= 0.6 is 0 Å². The Kier molecular flexibility index (Phi) is 6.25. The number of aliphatic carboxylic acids is 1. The van der Waals surface area contributed by atoms with Crippen LogP contribution < -0.4 is 0 Å². The molecule has 1 saturated carbocycles. The molecule has 1 N–H and O–H groups in total. The van der Waals surface area contributed by atoms with Gasteiger partial charge in [0.25, 0.3) is 0 Å². The maximum atomic E-state index is 13.6. The predicted octanol–water partition coefficient (Wildman–Crippen LogP) is 3.28. The lowest BCUT2D eigenvalue weighted by molar-refractivity contribution is -0.153. The van der Waals surface area contributed by atoms with Gasteiger partial charge in [-0.25, -0.2) is 9.59 Å². The second-order valence-corrected chi connectivity index (χ2v) is 8.70. The van der Waals surface area contributed by atoms with Crippen LogP contribution in [0.2, 0.25) is 0 Å². The van der Waals surface area contributed by atoms with E-state index in [1.165, 1.54) is 4.90 Å². The van der Waals surface area contributed by atoms with Crippen molar-refractivity contribution in [1.82, 2.24) is 9.80 Å². The van der Waals surface area contributed by atoms with Crippen LogP contribution in [0.4, 0.5) is 4.79 Å². The zero-order chi connectivity index (χ0) is 21.1. The molecule has 7 heteroatoms. The number of ether oxygens (including phenoxy) is 1. The summed E-state index contributed by atoms with van der Waals surface area (Å²) in [4.78, 5) is 41.3. The summed E-state index contributed by atoms with van der Waals surface area (Å²) >= 11 is 0. The summed E-state index contributed by atoms with van der Waals surface area (Å²) < 4.78 is 5.56. The second-order valence-electron chi connectivity index (χ2n) is 8.70. The van der Waals surface area contributed by atoms with Crippen molar-refractivity contribution in [2.45, 2.75) is 63.6 Å². The van der Waals surface area contributed by atoms with Crippen LogP contribution in [-0.2, 0) is 20.9 Å². The molecule has 0 radical (unpaired) electrons. The second kappa shape index (κ2) is 9.06. The van der Waals surface area contributed by atoms with E-state index >= 15 is 0 Å². The van der Waals surface area contributed by atoms with Gasteiger partial charge in [-0.1, -0.05) is 49.6 Å². The molecular formula is C23H30N2O5. The van der Waals surface area contributed by atoms with Crippen molar-refractivity contribution in [2.75, 3.05) is 13.1 Å². The van der Waals surface area contributed by atoms with Crippen molar-refractivity contribution >= 4 is 18.0 Å². The van der Waals surface area contributed by atoms with E-state index in [0.717, 1.165) is 37.7 Å². The summed E-state index contributed by atoms with van der Waals surface area (Å²) in [6.45, 7) is 1.08. The third-order valence-corrected chi connectivity index (χ3v) is 6.96. The van der Waals surface area contributed by atoms with E-state index in [4.69, 9.17) is 4.74 Å².